The molecule has 0 aromatic heterocycles. The van der Waals surface area contributed by atoms with E-state index in [9.17, 15) is 27.9 Å². The third kappa shape index (κ3) is 10.7. The SMILES string of the molecule is CCCC(=O)N(CCC(=O)NC[C@H](S)Cc1cccc(Cl)c1)Cc1ccc(-c2ccccc2S(=O)(=O)NC(=O)[C@H](C)O)cc1. The van der Waals surface area contributed by atoms with E-state index in [1.54, 1.807) is 53.4 Å². The number of amides is 3. The van der Waals surface area contributed by atoms with E-state index in [0.29, 0.717) is 42.0 Å². The Hall–Kier alpha value is -3.38. The molecule has 3 amide bonds. The van der Waals surface area contributed by atoms with Crippen LogP contribution in [0, 0.1) is 0 Å². The first-order valence-corrected chi connectivity index (χ1v) is 16.7. The van der Waals surface area contributed by atoms with Crippen LogP contribution >= 0.6 is 24.2 Å². The van der Waals surface area contributed by atoms with E-state index in [4.69, 9.17) is 11.6 Å². The number of halogens is 1. The third-order valence-corrected chi connectivity index (χ3v) is 8.76. The highest BCUT2D eigenvalue weighted by molar-refractivity contribution is 7.90. The second-order valence-corrected chi connectivity index (χ2v) is 13.3. The van der Waals surface area contributed by atoms with Crippen molar-refractivity contribution in [2.75, 3.05) is 13.1 Å². The van der Waals surface area contributed by atoms with Crippen molar-refractivity contribution >= 4 is 52.0 Å². The van der Waals surface area contributed by atoms with Gasteiger partial charge < -0.3 is 15.3 Å². The van der Waals surface area contributed by atoms with Crippen LogP contribution in [-0.4, -0.2) is 60.6 Å². The predicted molar refractivity (Wildman–Crippen MR) is 175 cm³/mol. The summed E-state index contributed by atoms with van der Waals surface area (Å²) in [5.74, 6) is -1.27. The third-order valence-electron chi connectivity index (χ3n) is 6.75. The number of nitrogens with one attached hydrogen (secondary N) is 2. The van der Waals surface area contributed by atoms with Gasteiger partial charge in [-0.25, -0.2) is 13.1 Å². The standard InChI is InChI=1S/C32H38ClN3O6S2/c1-3-7-31(39)36(17-16-30(38)34-20-27(43)19-24-8-6-9-26(33)18-24)21-23-12-14-25(15-13-23)28-10-4-5-11-29(28)44(41,42)35-32(40)22(2)37/h4-6,8-15,18,22,27,37,43H,3,7,16-17,19-21H2,1-2H3,(H,34,38)(H,35,40)/t22-,27+/m0/s1. The van der Waals surface area contributed by atoms with Crippen LogP contribution in [0.4, 0.5) is 0 Å². The molecule has 0 aliphatic heterocycles. The number of aliphatic hydroxyl groups excluding tert-OH is 1. The van der Waals surface area contributed by atoms with Crippen LogP contribution in [0.25, 0.3) is 11.1 Å². The van der Waals surface area contributed by atoms with E-state index < -0.39 is 22.0 Å². The number of aliphatic hydroxyl groups is 1. The zero-order chi connectivity index (χ0) is 32.3. The molecule has 44 heavy (non-hydrogen) atoms. The van der Waals surface area contributed by atoms with Gasteiger partial charge in [-0.15, -0.1) is 0 Å². The molecule has 0 radical (unpaired) electrons. The van der Waals surface area contributed by atoms with Crippen molar-refractivity contribution in [3.8, 4) is 11.1 Å². The van der Waals surface area contributed by atoms with Crippen LogP contribution in [0.3, 0.4) is 0 Å². The summed E-state index contributed by atoms with van der Waals surface area (Å²) in [6.45, 7) is 3.99. The minimum atomic E-state index is -4.23. The molecule has 0 aliphatic carbocycles. The Kier molecular flexibility index (Phi) is 13.3. The monoisotopic (exact) mass is 659 g/mol. The van der Waals surface area contributed by atoms with E-state index in [-0.39, 0.29) is 41.5 Å². The van der Waals surface area contributed by atoms with Crippen LogP contribution in [0.15, 0.2) is 77.7 Å². The molecule has 0 heterocycles. The van der Waals surface area contributed by atoms with E-state index in [2.05, 4.69) is 17.9 Å². The number of carbonyl (C=O) groups excluding carboxylic acids is 3. The Balaban J connectivity index is 1.64. The Labute approximate surface area is 269 Å². The van der Waals surface area contributed by atoms with Gasteiger partial charge in [-0.2, -0.15) is 12.6 Å². The number of hydrogen-bond acceptors (Lipinski definition) is 7. The van der Waals surface area contributed by atoms with Crippen LogP contribution in [0.1, 0.15) is 44.2 Å². The number of benzene rings is 3. The summed E-state index contributed by atoms with van der Waals surface area (Å²) >= 11 is 10.6. The smallest absolute Gasteiger partial charge is 0.264 e. The first-order chi connectivity index (χ1) is 20.9. The molecule has 2 atom stereocenters. The topological polar surface area (TPSA) is 133 Å². The summed E-state index contributed by atoms with van der Waals surface area (Å²) < 4.78 is 27.6. The molecule has 0 unspecified atom stereocenters. The Morgan fingerprint density at radius 1 is 0.977 bits per heavy atom. The summed E-state index contributed by atoms with van der Waals surface area (Å²) in [4.78, 5) is 38.9. The molecule has 3 N–H and O–H groups in total. The van der Waals surface area contributed by atoms with Crippen LogP contribution in [0.5, 0.6) is 0 Å². The Morgan fingerprint density at radius 2 is 1.68 bits per heavy atom. The van der Waals surface area contributed by atoms with Gasteiger partial charge in [0.2, 0.25) is 11.8 Å². The minimum Gasteiger partial charge on any atom is -0.384 e. The molecule has 0 spiro atoms. The lowest BCUT2D eigenvalue weighted by atomic mass is 10.0. The fourth-order valence-electron chi connectivity index (χ4n) is 4.45. The van der Waals surface area contributed by atoms with Gasteiger partial charge in [0.1, 0.15) is 6.10 Å². The lowest BCUT2D eigenvalue weighted by Crippen LogP contribution is -2.37. The predicted octanol–water partition coefficient (Wildman–Crippen LogP) is 4.37. The summed E-state index contributed by atoms with van der Waals surface area (Å²) in [6.07, 6.45) is 0.312. The fraction of sp³-hybridized carbons (Fsp3) is 0.344. The van der Waals surface area contributed by atoms with Crippen molar-refractivity contribution < 1.29 is 27.9 Å². The van der Waals surface area contributed by atoms with Crippen molar-refractivity contribution in [1.29, 1.82) is 0 Å². The van der Waals surface area contributed by atoms with Gasteiger partial charge in [0, 0.05) is 48.3 Å². The molecule has 3 rings (SSSR count). The number of hydrogen-bond donors (Lipinski definition) is 4. The first kappa shape index (κ1) is 35.1. The summed E-state index contributed by atoms with van der Waals surface area (Å²) in [7, 11) is -4.23. The van der Waals surface area contributed by atoms with Gasteiger partial charge in [0.15, 0.2) is 0 Å². The number of nitrogens with zero attached hydrogens (tertiary/aromatic N) is 1. The van der Waals surface area contributed by atoms with E-state index in [1.165, 1.54) is 13.0 Å². The quantitative estimate of drug-likeness (QED) is 0.179. The lowest BCUT2D eigenvalue weighted by Gasteiger charge is -2.23. The number of sulfonamides is 1. The number of carbonyl (C=O) groups is 3. The second kappa shape index (κ2) is 16.6. The second-order valence-electron chi connectivity index (χ2n) is 10.4. The molecule has 0 aliphatic rings. The highest BCUT2D eigenvalue weighted by Gasteiger charge is 2.24. The van der Waals surface area contributed by atoms with Crippen LogP contribution < -0.4 is 10.0 Å². The highest BCUT2D eigenvalue weighted by Crippen LogP contribution is 2.28. The van der Waals surface area contributed by atoms with Gasteiger partial charge in [-0.05, 0) is 54.7 Å². The molecule has 0 bridgehead atoms. The van der Waals surface area contributed by atoms with E-state index in [1.807, 2.05) is 29.8 Å². The van der Waals surface area contributed by atoms with Crippen molar-refractivity contribution in [3.63, 3.8) is 0 Å². The molecular weight excluding hydrogens is 622 g/mol. The van der Waals surface area contributed by atoms with Gasteiger partial charge in [0.05, 0.1) is 4.90 Å². The highest BCUT2D eigenvalue weighted by atomic mass is 35.5. The molecule has 12 heteroatoms. The lowest BCUT2D eigenvalue weighted by molar-refractivity contribution is -0.132. The molecule has 0 saturated carbocycles. The van der Waals surface area contributed by atoms with E-state index in [0.717, 1.165) is 11.1 Å². The number of thiol groups is 1. The minimum absolute atomic E-state index is 0.0669. The molecule has 3 aromatic rings. The van der Waals surface area contributed by atoms with Gasteiger partial charge >= 0.3 is 0 Å². The van der Waals surface area contributed by atoms with Gasteiger partial charge in [-0.3, -0.25) is 14.4 Å². The fourth-order valence-corrected chi connectivity index (χ4v) is 6.24. The first-order valence-electron chi connectivity index (χ1n) is 14.3. The largest absolute Gasteiger partial charge is 0.384 e. The maximum Gasteiger partial charge on any atom is 0.264 e. The van der Waals surface area contributed by atoms with Gasteiger partial charge in [0.25, 0.3) is 15.9 Å². The van der Waals surface area contributed by atoms with Crippen molar-refractivity contribution in [1.82, 2.24) is 14.9 Å². The van der Waals surface area contributed by atoms with Crippen molar-refractivity contribution in [3.05, 3.63) is 88.9 Å². The molecule has 0 fully saturated rings. The summed E-state index contributed by atoms with van der Waals surface area (Å²) in [6, 6.07) is 20.8. The van der Waals surface area contributed by atoms with Crippen molar-refractivity contribution in [2.45, 2.75) is 62.3 Å². The molecule has 9 nitrogen and oxygen atoms in total. The average Bonchev–Trinajstić information content (AvgIpc) is 2.98. The zero-order valence-corrected chi connectivity index (χ0v) is 27.2. The maximum absolute atomic E-state index is 12.9. The van der Waals surface area contributed by atoms with E-state index >= 15 is 0 Å². The molecule has 0 saturated heterocycles. The van der Waals surface area contributed by atoms with Crippen LogP contribution in [-0.2, 0) is 37.4 Å². The maximum atomic E-state index is 12.9. The average molecular weight is 660 g/mol. The summed E-state index contributed by atoms with van der Waals surface area (Å²) in [5.41, 5.74) is 2.79. The Morgan fingerprint density at radius 3 is 2.34 bits per heavy atom. The number of rotatable bonds is 15. The van der Waals surface area contributed by atoms with Crippen LogP contribution in [0.2, 0.25) is 5.02 Å². The van der Waals surface area contributed by atoms with Gasteiger partial charge in [-0.1, -0.05) is 73.1 Å². The molecule has 236 valence electrons. The molecular formula is C32H38ClN3O6S2. The Bertz CT molecular complexity index is 1550. The normalized spacial score (nSPS) is 12.7. The van der Waals surface area contributed by atoms with Crippen molar-refractivity contribution in [2.24, 2.45) is 0 Å². The zero-order valence-electron chi connectivity index (χ0n) is 24.7. The molecule has 3 aromatic carbocycles. The summed E-state index contributed by atoms with van der Waals surface area (Å²) in [5, 5.41) is 12.9.